The molecule has 0 unspecified atom stereocenters. The van der Waals surface area contributed by atoms with Crippen LogP contribution in [0.4, 0.5) is 0 Å². The van der Waals surface area contributed by atoms with Crippen molar-refractivity contribution in [2.24, 2.45) is 0 Å². The first-order chi connectivity index (χ1) is 9.70. The fourth-order valence-corrected chi connectivity index (χ4v) is 4.47. The molecule has 0 radical (unpaired) electrons. The number of hydrogen-bond acceptors (Lipinski definition) is 5. The summed E-state index contributed by atoms with van der Waals surface area (Å²) < 4.78 is 24.7. The normalized spacial score (nSPS) is 18.8. The number of sulfonamides is 1. The largest absolute Gasteiger partial charge is 0.350 e. The van der Waals surface area contributed by atoms with Crippen LogP contribution < -0.4 is 5.32 Å². The average molecular weight is 331 g/mol. The van der Waals surface area contributed by atoms with Gasteiger partial charge in [0.25, 0.3) is 5.91 Å². The minimum atomic E-state index is -3.09. The smallest absolute Gasteiger partial charge is 0.263 e. The van der Waals surface area contributed by atoms with Crippen LogP contribution in [-0.4, -0.2) is 49.0 Å². The molecule has 2 rings (SSSR count). The number of rotatable bonds is 4. The van der Waals surface area contributed by atoms with E-state index in [0.717, 1.165) is 5.01 Å². The molecule has 0 aromatic carbocycles. The van der Waals surface area contributed by atoms with Crippen LogP contribution in [0.15, 0.2) is 6.20 Å². The van der Waals surface area contributed by atoms with Crippen LogP contribution in [-0.2, 0) is 15.4 Å². The molecule has 2 heterocycles. The Balaban J connectivity index is 1.86. The van der Waals surface area contributed by atoms with Gasteiger partial charge >= 0.3 is 0 Å². The van der Waals surface area contributed by atoms with Crippen molar-refractivity contribution in [3.05, 3.63) is 16.1 Å². The predicted octanol–water partition coefficient (Wildman–Crippen LogP) is 1.21. The van der Waals surface area contributed by atoms with Gasteiger partial charge in [-0.1, -0.05) is 20.8 Å². The lowest BCUT2D eigenvalue weighted by atomic mass is 9.98. The van der Waals surface area contributed by atoms with Crippen LogP contribution in [0.5, 0.6) is 0 Å². The summed E-state index contributed by atoms with van der Waals surface area (Å²) in [5.41, 5.74) is -0.0766. The van der Waals surface area contributed by atoms with E-state index in [4.69, 9.17) is 0 Å². The maximum Gasteiger partial charge on any atom is 0.263 e. The number of carbonyl (C=O) groups is 1. The van der Waals surface area contributed by atoms with Crippen molar-refractivity contribution in [2.75, 3.05) is 25.4 Å². The molecule has 8 heteroatoms. The molecule has 0 spiro atoms. The summed E-state index contributed by atoms with van der Waals surface area (Å²) in [4.78, 5) is 16.8. The highest BCUT2D eigenvalue weighted by molar-refractivity contribution is 7.89. The first-order valence-corrected chi connectivity index (χ1v) is 9.35. The van der Waals surface area contributed by atoms with Crippen LogP contribution in [0, 0.1) is 0 Å². The topological polar surface area (TPSA) is 79.4 Å². The number of nitrogens with zero attached hydrogens (tertiary/aromatic N) is 2. The van der Waals surface area contributed by atoms with E-state index in [-0.39, 0.29) is 17.1 Å². The Morgan fingerprint density at radius 3 is 2.71 bits per heavy atom. The quantitative estimate of drug-likeness (QED) is 0.899. The van der Waals surface area contributed by atoms with Crippen LogP contribution in [0.2, 0.25) is 0 Å². The fraction of sp³-hybridized carbons (Fsp3) is 0.692. The molecule has 0 aliphatic carbocycles. The van der Waals surface area contributed by atoms with Gasteiger partial charge in [-0.15, -0.1) is 11.3 Å². The van der Waals surface area contributed by atoms with Gasteiger partial charge in [0.15, 0.2) is 0 Å². The van der Waals surface area contributed by atoms with Gasteiger partial charge in [-0.05, 0) is 6.42 Å². The second-order valence-electron chi connectivity index (χ2n) is 6.10. The van der Waals surface area contributed by atoms with E-state index in [1.807, 2.05) is 20.8 Å². The summed E-state index contributed by atoms with van der Waals surface area (Å²) in [6, 6.07) is 0. The molecule has 21 heavy (non-hydrogen) atoms. The second-order valence-corrected chi connectivity index (χ2v) is 9.22. The lowest BCUT2D eigenvalue weighted by molar-refractivity contribution is 0.0955. The first-order valence-electron chi connectivity index (χ1n) is 6.92. The van der Waals surface area contributed by atoms with Gasteiger partial charge in [0.1, 0.15) is 4.88 Å². The zero-order valence-corrected chi connectivity index (χ0v) is 14.2. The molecule has 1 fully saturated rings. The van der Waals surface area contributed by atoms with Crippen LogP contribution in [0.3, 0.4) is 0 Å². The molecule has 1 saturated heterocycles. The van der Waals surface area contributed by atoms with E-state index in [9.17, 15) is 13.2 Å². The lowest BCUT2D eigenvalue weighted by Crippen LogP contribution is -2.35. The molecular weight excluding hydrogens is 310 g/mol. The zero-order chi connectivity index (χ0) is 15.7. The molecule has 1 amide bonds. The Kier molecular flexibility index (Phi) is 4.69. The van der Waals surface area contributed by atoms with E-state index >= 15 is 0 Å². The number of aromatic nitrogens is 1. The molecular formula is C13H21N3O3S2. The standard InChI is InChI=1S/C13H21N3O3S2/c1-13(2,3)12-15-9-10(20-12)11(17)14-5-7-16-6-4-8-21(16,18)19/h9H,4-8H2,1-3H3,(H,14,17). The Morgan fingerprint density at radius 2 is 2.19 bits per heavy atom. The molecule has 1 aliphatic heterocycles. The summed E-state index contributed by atoms with van der Waals surface area (Å²) in [5.74, 6) is 0.0182. The minimum Gasteiger partial charge on any atom is -0.350 e. The second kappa shape index (κ2) is 6.02. The predicted molar refractivity (Wildman–Crippen MR) is 83.1 cm³/mol. The molecule has 0 saturated carbocycles. The maximum atomic E-state index is 12.0. The van der Waals surface area contributed by atoms with Crippen molar-refractivity contribution in [3.63, 3.8) is 0 Å². The first kappa shape index (κ1) is 16.4. The van der Waals surface area contributed by atoms with E-state index < -0.39 is 10.0 Å². The zero-order valence-electron chi connectivity index (χ0n) is 12.5. The molecule has 1 aromatic rings. The maximum absolute atomic E-state index is 12.0. The number of amides is 1. The molecule has 0 bridgehead atoms. The molecule has 1 N–H and O–H groups in total. The summed E-state index contributed by atoms with van der Waals surface area (Å²) >= 11 is 1.38. The summed E-state index contributed by atoms with van der Waals surface area (Å²) in [6.07, 6.45) is 2.24. The van der Waals surface area contributed by atoms with E-state index in [2.05, 4.69) is 10.3 Å². The minimum absolute atomic E-state index is 0.0766. The third-order valence-corrected chi connectivity index (χ3v) is 6.60. The van der Waals surface area contributed by atoms with Crippen molar-refractivity contribution < 1.29 is 13.2 Å². The van der Waals surface area contributed by atoms with Crippen molar-refractivity contribution in [3.8, 4) is 0 Å². The van der Waals surface area contributed by atoms with Gasteiger partial charge in [-0.2, -0.15) is 0 Å². The van der Waals surface area contributed by atoms with Crippen LogP contribution in [0.1, 0.15) is 41.9 Å². The highest BCUT2D eigenvalue weighted by Gasteiger charge is 2.27. The van der Waals surface area contributed by atoms with Gasteiger partial charge in [0.2, 0.25) is 10.0 Å². The van der Waals surface area contributed by atoms with Gasteiger partial charge in [0.05, 0.1) is 17.0 Å². The van der Waals surface area contributed by atoms with Gasteiger partial charge in [-0.3, -0.25) is 4.79 Å². The SMILES string of the molecule is CC(C)(C)c1ncc(C(=O)NCCN2CCCS2(=O)=O)s1. The summed E-state index contributed by atoms with van der Waals surface area (Å²) in [6.45, 7) is 7.34. The molecule has 1 aliphatic rings. The monoisotopic (exact) mass is 331 g/mol. The van der Waals surface area contributed by atoms with E-state index in [1.54, 1.807) is 6.20 Å². The lowest BCUT2D eigenvalue weighted by Gasteiger charge is -2.14. The summed E-state index contributed by atoms with van der Waals surface area (Å²) in [5, 5.41) is 3.67. The number of thiazole rings is 1. The van der Waals surface area contributed by atoms with Gasteiger partial charge < -0.3 is 5.32 Å². The van der Waals surface area contributed by atoms with Gasteiger partial charge in [-0.25, -0.2) is 17.7 Å². The summed E-state index contributed by atoms with van der Waals surface area (Å²) in [7, 11) is -3.09. The molecule has 118 valence electrons. The molecule has 6 nitrogen and oxygen atoms in total. The highest BCUT2D eigenvalue weighted by atomic mass is 32.2. The van der Waals surface area contributed by atoms with Gasteiger partial charge in [0, 0.05) is 25.0 Å². The van der Waals surface area contributed by atoms with Crippen LogP contribution >= 0.6 is 11.3 Å². The van der Waals surface area contributed by atoms with Crippen molar-refractivity contribution in [1.29, 1.82) is 0 Å². The Bertz CT molecular complexity index is 617. The van der Waals surface area contributed by atoms with Crippen molar-refractivity contribution in [2.45, 2.75) is 32.6 Å². The Morgan fingerprint density at radius 1 is 1.48 bits per heavy atom. The third-order valence-electron chi connectivity index (χ3n) is 3.22. The number of nitrogens with one attached hydrogen (secondary N) is 1. The van der Waals surface area contributed by atoms with E-state index in [1.165, 1.54) is 15.6 Å². The highest BCUT2D eigenvalue weighted by Crippen LogP contribution is 2.26. The average Bonchev–Trinajstić information content (AvgIpc) is 2.96. The van der Waals surface area contributed by atoms with Crippen molar-refractivity contribution >= 4 is 27.3 Å². The van der Waals surface area contributed by atoms with E-state index in [0.29, 0.717) is 30.9 Å². The Labute approximate surface area is 129 Å². The van der Waals surface area contributed by atoms with Crippen molar-refractivity contribution in [1.82, 2.24) is 14.6 Å². The fourth-order valence-electron chi connectivity index (χ4n) is 2.05. The number of hydrogen-bond donors (Lipinski definition) is 1. The Hall–Kier alpha value is -0.990. The third kappa shape index (κ3) is 4.02. The van der Waals surface area contributed by atoms with Crippen LogP contribution in [0.25, 0.3) is 0 Å². The molecule has 0 atom stereocenters. The molecule has 1 aromatic heterocycles. The number of carbonyl (C=O) groups excluding carboxylic acids is 1.